The second-order valence-corrected chi connectivity index (χ2v) is 6.73. The van der Waals surface area contributed by atoms with Crippen LogP contribution in [-0.2, 0) is 17.6 Å². The average Bonchev–Trinajstić information content (AvgIpc) is 3.38. The molecular formula is C23H22N4O. The lowest BCUT2D eigenvalue weighted by Gasteiger charge is -2.02. The number of H-pyrrole nitrogens is 2. The maximum absolute atomic E-state index is 12.1. The second kappa shape index (κ2) is 8.39. The summed E-state index contributed by atoms with van der Waals surface area (Å²) < 4.78 is 0. The van der Waals surface area contributed by atoms with E-state index in [9.17, 15) is 4.79 Å². The Bertz CT molecular complexity index is 1080. The molecule has 0 spiro atoms. The molecule has 4 rings (SSSR count). The molecular weight excluding hydrogens is 348 g/mol. The molecule has 0 radical (unpaired) electrons. The van der Waals surface area contributed by atoms with E-state index in [1.54, 1.807) is 12.4 Å². The fourth-order valence-electron chi connectivity index (χ4n) is 3.24. The smallest absolute Gasteiger partial charge is 0.244 e. The van der Waals surface area contributed by atoms with Crippen LogP contribution in [0.25, 0.3) is 17.0 Å². The summed E-state index contributed by atoms with van der Waals surface area (Å²) in [5.41, 5.74) is 5.62. The lowest BCUT2D eigenvalue weighted by atomic mass is 10.1. The Morgan fingerprint density at radius 1 is 1.07 bits per heavy atom. The number of carbonyl (C=O) groups is 1. The molecule has 2 heterocycles. The molecule has 0 bridgehead atoms. The van der Waals surface area contributed by atoms with E-state index in [0.717, 1.165) is 29.6 Å². The van der Waals surface area contributed by atoms with Gasteiger partial charge in [0.25, 0.3) is 0 Å². The van der Waals surface area contributed by atoms with Crippen molar-refractivity contribution in [2.45, 2.75) is 12.8 Å². The minimum absolute atomic E-state index is 0.0821. The van der Waals surface area contributed by atoms with Crippen LogP contribution in [0.1, 0.15) is 22.4 Å². The summed E-state index contributed by atoms with van der Waals surface area (Å²) in [5, 5.41) is 4.16. The average molecular weight is 370 g/mol. The van der Waals surface area contributed by atoms with Crippen LogP contribution in [0.15, 0.2) is 73.3 Å². The van der Waals surface area contributed by atoms with Crippen LogP contribution in [-0.4, -0.2) is 27.4 Å². The van der Waals surface area contributed by atoms with E-state index < -0.39 is 0 Å². The van der Waals surface area contributed by atoms with E-state index in [4.69, 9.17) is 0 Å². The summed E-state index contributed by atoms with van der Waals surface area (Å²) in [6, 6.07) is 16.4. The van der Waals surface area contributed by atoms with Crippen molar-refractivity contribution in [1.82, 2.24) is 20.3 Å². The van der Waals surface area contributed by atoms with Crippen LogP contribution < -0.4 is 5.32 Å². The molecule has 0 unspecified atom stereocenters. The summed E-state index contributed by atoms with van der Waals surface area (Å²) in [6.07, 6.45) is 10.6. The number of benzene rings is 2. The van der Waals surface area contributed by atoms with E-state index in [1.807, 2.05) is 42.7 Å². The number of fused-ring (bicyclic) bond motifs is 1. The van der Waals surface area contributed by atoms with Crippen molar-refractivity contribution in [1.29, 1.82) is 0 Å². The number of aromatic nitrogens is 3. The number of para-hydroxylation sites is 1. The highest BCUT2D eigenvalue weighted by Crippen LogP contribution is 2.17. The van der Waals surface area contributed by atoms with Crippen molar-refractivity contribution in [3.8, 4) is 0 Å². The minimum atomic E-state index is -0.0821. The summed E-state index contributed by atoms with van der Waals surface area (Å²) in [6.45, 7) is 0.605. The van der Waals surface area contributed by atoms with Crippen molar-refractivity contribution in [3.05, 3.63) is 95.7 Å². The van der Waals surface area contributed by atoms with Crippen molar-refractivity contribution in [2.75, 3.05) is 6.54 Å². The predicted octanol–water partition coefficient (Wildman–Crippen LogP) is 3.85. The number of nitrogens with one attached hydrogen (secondary N) is 3. The van der Waals surface area contributed by atoms with Crippen LogP contribution >= 0.6 is 0 Å². The number of rotatable bonds is 7. The summed E-state index contributed by atoms with van der Waals surface area (Å²) in [7, 11) is 0. The number of hydrogen-bond donors (Lipinski definition) is 3. The molecule has 1 amide bonds. The lowest BCUT2D eigenvalue weighted by Crippen LogP contribution is -2.23. The number of hydrogen-bond acceptors (Lipinski definition) is 2. The van der Waals surface area contributed by atoms with E-state index in [1.165, 1.54) is 16.5 Å². The first kappa shape index (κ1) is 17.8. The summed E-state index contributed by atoms with van der Waals surface area (Å²) >= 11 is 0. The molecule has 0 aliphatic rings. The van der Waals surface area contributed by atoms with Gasteiger partial charge in [-0.15, -0.1) is 0 Å². The van der Waals surface area contributed by atoms with E-state index in [2.05, 4.69) is 44.5 Å². The minimum Gasteiger partial charge on any atom is -0.361 e. The van der Waals surface area contributed by atoms with Crippen LogP contribution in [0, 0.1) is 0 Å². The van der Waals surface area contributed by atoms with Gasteiger partial charge in [-0.05, 0) is 35.3 Å². The molecule has 0 atom stereocenters. The van der Waals surface area contributed by atoms with Crippen LogP contribution in [0.2, 0.25) is 0 Å². The van der Waals surface area contributed by atoms with E-state index in [-0.39, 0.29) is 5.91 Å². The highest BCUT2D eigenvalue weighted by atomic mass is 16.1. The fraction of sp³-hybridized carbons (Fsp3) is 0.130. The number of nitrogens with zero attached hydrogens (tertiary/aromatic N) is 1. The molecule has 2 aromatic heterocycles. The number of amides is 1. The molecule has 5 heteroatoms. The molecule has 0 saturated heterocycles. The van der Waals surface area contributed by atoms with Gasteiger partial charge in [-0.3, -0.25) is 4.79 Å². The van der Waals surface area contributed by atoms with Gasteiger partial charge in [-0.25, -0.2) is 4.98 Å². The largest absolute Gasteiger partial charge is 0.361 e. The van der Waals surface area contributed by atoms with Crippen molar-refractivity contribution >= 4 is 22.9 Å². The molecule has 3 N–H and O–H groups in total. The first-order valence-corrected chi connectivity index (χ1v) is 9.35. The molecule has 2 aromatic carbocycles. The van der Waals surface area contributed by atoms with E-state index >= 15 is 0 Å². The SMILES string of the molecule is O=C(/C=C/c1ccc(Cc2cnc[nH]2)cc1)NCCc1c[nH]c2ccccc12. The van der Waals surface area contributed by atoms with Gasteiger partial charge in [0, 0.05) is 48.0 Å². The normalized spacial score (nSPS) is 11.3. The Morgan fingerprint density at radius 3 is 2.75 bits per heavy atom. The zero-order valence-electron chi connectivity index (χ0n) is 15.5. The van der Waals surface area contributed by atoms with Gasteiger partial charge in [-0.1, -0.05) is 42.5 Å². The highest BCUT2D eigenvalue weighted by Gasteiger charge is 2.03. The summed E-state index contributed by atoms with van der Waals surface area (Å²) in [4.78, 5) is 22.5. The fourth-order valence-corrected chi connectivity index (χ4v) is 3.24. The van der Waals surface area contributed by atoms with Crippen molar-refractivity contribution < 1.29 is 4.79 Å². The van der Waals surface area contributed by atoms with Crippen LogP contribution in [0.3, 0.4) is 0 Å². The van der Waals surface area contributed by atoms with Gasteiger partial charge < -0.3 is 15.3 Å². The first-order valence-electron chi connectivity index (χ1n) is 9.35. The predicted molar refractivity (Wildman–Crippen MR) is 112 cm³/mol. The van der Waals surface area contributed by atoms with Gasteiger partial charge in [0.1, 0.15) is 0 Å². The van der Waals surface area contributed by atoms with Crippen molar-refractivity contribution in [2.24, 2.45) is 0 Å². The van der Waals surface area contributed by atoms with Crippen LogP contribution in [0.5, 0.6) is 0 Å². The Hall–Kier alpha value is -3.60. The molecule has 5 nitrogen and oxygen atoms in total. The third-order valence-electron chi connectivity index (χ3n) is 4.72. The van der Waals surface area contributed by atoms with Gasteiger partial charge >= 0.3 is 0 Å². The molecule has 0 aliphatic heterocycles. The van der Waals surface area contributed by atoms with Crippen molar-refractivity contribution in [3.63, 3.8) is 0 Å². The first-order chi connectivity index (χ1) is 13.8. The Kier molecular flexibility index (Phi) is 5.33. The quantitative estimate of drug-likeness (QED) is 0.432. The topological polar surface area (TPSA) is 73.6 Å². The standard InChI is InChI=1S/C23H22N4O/c28-23(25-12-11-19-14-26-22-4-2-1-3-21(19)22)10-9-17-5-7-18(8-6-17)13-20-15-24-16-27-20/h1-10,14-16,26H,11-13H2,(H,24,27)(H,25,28)/b10-9+. The Balaban J connectivity index is 1.27. The third-order valence-corrected chi connectivity index (χ3v) is 4.72. The molecule has 0 aliphatic carbocycles. The highest BCUT2D eigenvalue weighted by molar-refractivity contribution is 5.91. The van der Waals surface area contributed by atoms with E-state index in [0.29, 0.717) is 6.54 Å². The number of aromatic amines is 2. The Morgan fingerprint density at radius 2 is 1.93 bits per heavy atom. The van der Waals surface area contributed by atoms with Gasteiger partial charge in [0.2, 0.25) is 5.91 Å². The summed E-state index contributed by atoms with van der Waals surface area (Å²) in [5.74, 6) is -0.0821. The number of imidazole rings is 1. The van der Waals surface area contributed by atoms with Gasteiger partial charge in [-0.2, -0.15) is 0 Å². The lowest BCUT2D eigenvalue weighted by molar-refractivity contribution is -0.116. The second-order valence-electron chi connectivity index (χ2n) is 6.73. The zero-order valence-corrected chi connectivity index (χ0v) is 15.5. The van der Waals surface area contributed by atoms with Crippen LogP contribution in [0.4, 0.5) is 0 Å². The Labute approximate surface area is 163 Å². The zero-order chi connectivity index (χ0) is 19.2. The monoisotopic (exact) mass is 370 g/mol. The van der Waals surface area contributed by atoms with Gasteiger partial charge in [0.15, 0.2) is 0 Å². The third kappa shape index (κ3) is 4.38. The molecule has 140 valence electrons. The maximum atomic E-state index is 12.1. The maximum Gasteiger partial charge on any atom is 0.244 e. The molecule has 0 saturated carbocycles. The molecule has 4 aromatic rings. The molecule has 28 heavy (non-hydrogen) atoms. The number of carbonyl (C=O) groups excluding carboxylic acids is 1. The molecule has 0 fully saturated rings. The van der Waals surface area contributed by atoms with Gasteiger partial charge in [0.05, 0.1) is 6.33 Å².